The van der Waals surface area contributed by atoms with Crippen LogP contribution in [0, 0.1) is 17.8 Å². The number of halogens is 1. The molecule has 13 nitrogen and oxygen atoms in total. The molecule has 3 heterocycles. The number of aryl methyl sites for hydroxylation is 1. The highest BCUT2D eigenvalue weighted by atomic mass is 35.5. The van der Waals surface area contributed by atoms with E-state index in [1.807, 2.05) is 31.2 Å². The molecule has 2 aliphatic heterocycles. The smallest absolute Gasteiger partial charge is 0.490 e. The summed E-state index contributed by atoms with van der Waals surface area (Å²) in [5.41, 5.74) is 2.64. The third-order valence-electron chi connectivity index (χ3n) is 10.9. The molecule has 2 aliphatic carbocycles. The number of hydrogen-bond donors (Lipinski definition) is 1. The van der Waals surface area contributed by atoms with Crippen LogP contribution in [-0.2, 0) is 38.3 Å². The fourth-order valence-corrected chi connectivity index (χ4v) is 10.2. The van der Waals surface area contributed by atoms with Gasteiger partial charge in [0.25, 0.3) is 11.8 Å². The van der Waals surface area contributed by atoms with E-state index in [0.717, 1.165) is 30.4 Å². The van der Waals surface area contributed by atoms with E-state index in [1.165, 1.54) is 18.0 Å². The van der Waals surface area contributed by atoms with Crippen LogP contribution in [0.25, 0.3) is 0 Å². The maximum Gasteiger partial charge on any atom is 0.509 e. The van der Waals surface area contributed by atoms with E-state index < -0.39 is 39.4 Å². The average molecular weight is 806 g/mol. The number of benzene rings is 2. The summed E-state index contributed by atoms with van der Waals surface area (Å²) in [7, 11) is -0.694. The monoisotopic (exact) mass is 805 g/mol. The van der Waals surface area contributed by atoms with Crippen LogP contribution in [-0.4, -0.2) is 76.7 Å². The van der Waals surface area contributed by atoms with Crippen molar-refractivity contribution in [2.45, 2.75) is 64.1 Å². The topological polar surface area (TPSA) is 151 Å². The van der Waals surface area contributed by atoms with Crippen molar-refractivity contribution < 1.29 is 37.5 Å². The fraction of sp³-hybridized carbons (Fsp3) is 0.463. The molecule has 15 heteroatoms. The lowest BCUT2D eigenvalue weighted by Gasteiger charge is -2.45. The fourth-order valence-electron chi connectivity index (χ4n) is 8.14. The lowest BCUT2D eigenvalue weighted by atomic mass is 9.69. The van der Waals surface area contributed by atoms with Gasteiger partial charge in [-0.15, -0.1) is 9.46 Å². The molecule has 3 aromatic rings. The first-order valence-corrected chi connectivity index (χ1v) is 21.0. The van der Waals surface area contributed by atoms with Crippen molar-refractivity contribution >= 4 is 45.2 Å². The number of allylic oxidation sites excluding steroid dienone is 2. The van der Waals surface area contributed by atoms with Crippen LogP contribution >= 0.6 is 11.6 Å². The molecule has 1 N–H and O–H groups in total. The highest BCUT2D eigenvalue weighted by Crippen LogP contribution is 2.46. The predicted molar refractivity (Wildman–Crippen MR) is 213 cm³/mol. The Balaban J connectivity index is 1.31. The number of rotatable bonds is 5. The van der Waals surface area contributed by atoms with Crippen molar-refractivity contribution in [3.05, 3.63) is 94.2 Å². The van der Waals surface area contributed by atoms with Gasteiger partial charge < -0.3 is 23.8 Å². The van der Waals surface area contributed by atoms with Gasteiger partial charge in [0.2, 0.25) is 5.88 Å². The molecular weight excluding hydrogens is 758 g/mol. The minimum absolute atomic E-state index is 0.0106. The molecule has 1 unspecified atom stereocenters. The summed E-state index contributed by atoms with van der Waals surface area (Å²) >= 11 is 6.45. The summed E-state index contributed by atoms with van der Waals surface area (Å²) in [5.74, 6) is -1.17. The minimum atomic E-state index is -3.70. The van der Waals surface area contributed by atoms with Gasteiger partial charge in [-0.05, 0) is 98.9 Å². The molecule has 1 fully saturated rings. The SMILES string of the molecule is COc1nn(C)cc1C(=O)NS1(=O)=NC(=O)c2ccc3c(c2)N(C[C@@H]2CC[C@H]2[C@@H](OC(=O)OC(C)C)/C=C/C[C@H](C)C1)C[C@@]1(C=CCc2cc(Cl)ccc21)CO3. The summed E-state index contributed by atoms with van der Waals surface area (Å²) in [4.78, 5) is 42.8. The van der Waals surface area contributed by atoms with Gasteiger partial charge in [0.1, 0.15) is 33.9 Å². The quantitative estimate of drug-likeness (QED) is 0.215. The first-order chi connectivity index (χ1) is 26.7. The molecule has 7 rings (SSSR count). The normalized spacial score (nSPS) is 27.8. The Labute approximate surface area is 332 Å². The summed E-state index contributed by atoms with van der Waals surface area (Å²) in [5, 5.41) is 4.80. The lowest BCUT2D eigenvalue weighted by Crippen LogP contribution is -2.49. The second-order valence-corrected chi connectivity index (χ2v) is 18.0. The van der Waals surface area contributed by atoms with Gasteiger partial charge in [-0.1, -0.05) is 42.8 Å². The molecule has 2 bridgehead atoms. The maximum absolute atomic E-state index is 14.7. The number of hydrogen-bond acceptors (Lipinski definition) is 10. The van der Waals surface area contributed by atoms with Crippen molar-refractivity contribution in [1.82, 2.24) is 14.5 Å². The highest BCUT2D eigenvalue weighted by molar-refractivity contribution is 7.92. The van der Waals surface area contributed by atoms with Gasteiger partial charge >= 0.3 is 6.16 Å². The Morgan fingerprint density at radius 2 is 1.96 bits per heavy atom. The number of carbonyl (C=O) groups is 3. The Hall–Kier alpha value is -4.82. The van der Waals surface area contributed by atoms with Crippen LogP contribution < -0.4 is 19.1 Å². The van der Waals surface area contributed by atoms with Gasteiger partial charge in [-0.3, -0.25) is 19.0 Å². The van der Waals surface area contributed by atoms with Gasteiger partial charge in [-0.2, -0.15) is 0 Å². The summed E-state index contributed by atoms with van der Waals surface area (Å²) in [6, 6.07) is 11.1. The van der Waals surface area contributed by atoms with Crippen LogP contribution in [0.15, 0.2) is 71.3 Å². The number of ether oxygens (including phenoxy) is 4. The van der Waals surface area contributed by atoms with E-state index >= 15 is 0 Å². The highest BCUT2D eigenvalue weighted by Gasteiger charge is 2.44. The van der Waals surface area contributed by atoms with E-state index in [4.69, 9.17) is 30.5 Å². The molecule has 298 valence electrons. The van der Waals surface area contributed by atoms with E-state index in [9.17, 15) is 18.6 Å². The first-order valence-electron chi connectivity index (χ1n) is 19.0. The Morgan fingerprint density at radius 3 is 2.71 bits per heavy atom. The van der Waals surface area contributed by atoms with Crippen LogP contribution in [0.1, 0.15) is 71.9 Å². The molecule has 1 spiro atoms. The number of aromatic nitrogens is 2. The molecule has 0 radical (unpaired) electrons. The van der Waals surface area contributed by atoms with Crippen molar-refractivity contribution in [1.29, 1.82) is 0 Å². The van der Waals surface area contributed by atoms with E-state index in [0.29, 0.717) is 42.6 Å². The van der Waals surface area contributed by atoms with Gasteiger partial charge in [0.05, 0.1) is 30.1 Å². The van der Waals surface area contributed by atoms with E-state index in [1.54, 1.807) is 39.1 Å². The molecule has 6 atom stereocenters. The second-order valence-electron chi connectivity index (χ2n) is 15.5. The van der Waals surface area contributed by atoms with Crippen molar-refractivity contribution in [2.75, 3.05) is 37.5 Å². The predicted octanol–water partition coefficient (Wildman–Crippen LogP) is 6.84. The summed E-state index contributed by atoms with van der Waals surface area (Å²) in [6.45, 7) is 6.86. The van der Waals surface area contributed by atoms with Crippen LogP contribution in [0.4, 0.5) is 10.5 Å². The number of nitrogens with zero attached hydrogens (tertiary/aromatic N) is 4. The summed E-state index contributed by atoms with van der Waals surface area (Å²) < 4.78 is 46.2. The largest absolute Gasteiger partial charge is 0.509 e. The zero-order valence-corrected chi connectivity index (χ0v) is 33.8. The maximum atomic E-state index is 14.7. The molecule has 0 saturated heterocycles. The van der Waals surface area contributed by atoms with Crippen LogP contribution in [0.3, 0.4) is 0 Å². The zero-order valence-electron chi connectivity index (χ0n) is 32.2. The minimum Gasteiger partial charge on any atom is -0.490 e. The zero-order chi connectivity index (χ0) is 39.8. The Bertz CT molecular complexity index is 2210. The third-order valence-corrected chi connectivity index (χ3v) is 13.1. The number of anilines is 1. The molecule has 56 heavy (non-hydrogen) atoms. The van der Waals surface area contributed by atoms with Crippen molar-refractivity contribution in [2.24, 2.45) is 29.2 Å². The Kier molecular flexibility index (Phi) is 11.2. The van der Waals surface area contributed by atoms with Crippen LogP contribution in [0.2, 0.25) is 5.02 Å². The number of carbonyl (C=O) groups excluding carboxylic acids is 3. The second kappa shape index (κ2) is 16.0. The molecule has 2 amide bonds. The van der Waals surface area contributed by atoms with Gasteiger partial charge in [0, 0.05) is 42.8 Å². The number of methoxy groups -OCH3 is 1. The molecular formula is C41H48ClN5O8S. The number of fused-ring (bicyclic) bond motifs is 4. The molecule has 1 aromatic heterocycles. The lowest BCUT2D eigenvalue weighted by molar-refractivity contribution is -0.0241. The molecule has 4 aliphatic rings. The van der Waals surface area contributed by atoms with E-state index in [2.05, 4.69) is 37.3 Å². The van der Waals surface area contributed by atoms with Crippen LogP contribution in [0.5, 0.6) is 11.6 Å². The average Bonchev–Trinajstić information content (AvgIpc) is 3.44. The van der Waals surface area contributed by atoms with Crippen molar-refractivity contribution in [3.8, 4) is 11.6 Å². The number of nitrogens with one attached hydrogen (secondary N) is 1. The summed E-state index contributed by atoms with van der Waals surface area (Å²) in [6.07, 6.45) is 10.8. The van der Waals surface area contributed by atoms with Crippen molar-refractivity contribution in [3.63, 3.8) is 0 Å². The molecule has 2 aromatic carbocycles. The van der Waals surface area contributed by atoms with Gasteiger partial charge in [0.15, 0.2) is 0 Å². The Morgan fingerprint density at radius 1 is 1.14 bits per heavy atom. The first kappa shape index (κ1) is 39.4. The van der Waals surface area contributed by atoms with E-state index in [-0.39, 0.29) is 46.6 Å². The van der Waals surface area contributed by atoms with Gasteiger partial charge in [-0.25, -0.2) is 9.00 Å². The number of amides is 2. The molecule has 1 saturated carbocycles. The third kappa shape index (κ3) is 8.31. The standard InChI is InChI=1S/C41H48ClN5O8S/c1-25(2)54-40(50)55-35-10-6-8-26(3)22-56(51,45-38(49)32-21-46(4)43-39(32)52-5)44-37(48)28-12-16-36-34(19-28)47(20-29-11-14-31(29)35)23-41(24-53-36)17-7-9-27-18-30(42)13-15-33(27)41/h6-7,10,12-13,15-19,21,25-26,29,31,35H,8-9,11,14,20,22-24H2,1-5H3,(H,44,45,48,49,51)/b10-6+/t26-,29-,31+,35-,41-,56?/m0/s1.